The van der Waals surface area contributed by atoms with E-state index in [1.165, 1.54) is 0 Å². The van der Waals surface area contributed by atoms with Gasteiger partial charge in [-0.3, -0.25) is 4.79 Å². The summed E-state index contributed by atoms with van der Waals surface area (Å²) in [5, 5.41) is 3.47. The molecule has 0 spiro atoms. The fourth-order valence-corrected chi connectivity index (χ4v) is 3.14. The third-order valence-corrected chi connectivity index (χ3v) is 4.21. The van der Waals surface area contributed by atoms with Gasteiger partial charge in [0.15, 0.2) is 11.5 Å². The Bertz CT molecular complexity index is 745. The predicted octanol–water partition coefficient (Wildman–Crippen LogP) is 3.68. The quantitative estimate of drug-likeness (QED) is 0.910. The van der Waals surface area contributed by atoms with E-state index in [1.807, 2.05) is 47.4 Å². The first-order valence-corrected chi connectivity index (χ1v) is 8.08. The number of methoxy groups -OCH3 is 2. The molecular formula is C19H22N2O3. The molecule has 1 aliphatic heterocycles. The molecule has 2 aromatic carbocycles. The molecule has 0 aliphatic carbocycles. The van der Waals surface area contributed by atoms with E-state index >= 15 is 0 Å². The molecule has 0 unspecified atom stereocenters. The summed E-state index contributed by atoms with van der Waals surface area (Å²) < 4.78 is 11.0. The highest BCUT2D eigenvalue weighted by Gasteiger charge is 2.34. The van der Waals surface area contributed by atoms with Gasteiger partial charge in [-0.25, -0.2) is 0 Å². The van der Waals surface area contributed by atoms with Crippen LogP contribution >= 0.6 is 0 Å². The molecule has 2 aromatic rings. The summed E-state index contributed by atoms with van der Waals surface area (Å²) in [6.07, 6.45) is 0.579. The molecule has 0 saturated heterocycles. The molecular weight excluding hydrogens is 304 g/mol. The summed E-state index contributed by atoms with van der Waals surface area (Å²) in [5.74, 6) is 1.33. The van der Waals surface area contributed by atoms with E-state index in [0.29, 0.717) is 23.6 Å². The van der Waals surface area contributed by atoms with E-state index in [1.54, 1.807) is 14.2 Å². The van der Waals surface area contributed by atoms with E-state index in [0.717, 1.165) is 17.7 Å². The molecule has 1 heterocycles. The van der Waals surface area contributed by atoms with Crippen molar-refractivity contribution >= 4 is 11.6 Å². The van der Waals surface area contributed by atoms with Gasteiger partial charge in [-0.05, 0) is 24.6 Å². The topological polar surface area (TPSA) is 50.8 Å². The molecule has 5 heteroatoms. The average Bonchev–Trinajstić information content (AvgIpc) is 2.63. The summed E-state index contributed by atoms with van der Waals surface area (Å²) in [7, 11) is 3.23. The van der Waals surface area contributed by atoms with Crippen LogP contribution < -0.4 is 14.8 Å². The van der Waals surface area contributed by atoms with Crippen molar-refractivity contribution < 1.29 is 14.3 Å². The lowest BCUT2D eigenvalue weighted by atomic mass is 10.0. The van der Waals surface area contributed by atoms with Gasteiger partial charge in [0.25, 0.3) is 5.91 Å². The predicted molar refractivity (Wildman–Crippen MR) is 93.7 cm³/mol. The maximum Gasteiger partial charge on any atom is 0.257 e. The molecule has 1 atom stereocenters. The first-order chi connectivity index (χ1) is 11.7. The molecule has 24 heavy (non-hydrogen) atoms. The number of carbonyl (C=O) groups excluding carboxylic acids is 1. The molecule has 0 radical (unpaired) electrons. The second kappa shape index (κ2) is 6.83. The number of rotatable bonds is 5. The number of anilines is 1. The Kier molecular flexibility index (Phi) is 4.60. The van der Waals surface area contributed by atoms with Crippen LogP contribution in [0.3, 0.4) is 0 Å². The molecule has 1 aliphatic rings. The van der Waals surface area contributed by atoms with Crippen molar-refractivity contribution in [1.82, 2.24) is 4.90 Å². The highest BCUT2D eigenvalue weighted by atomic mass is 16.5. The Labute approximate surface area is 142 Å². The van der Waals surface area contributed by atoms with Gasteiger partial charge < -0.3 is 19.7 Å². The number of carbonyl (C=O) groups is 1. The Morgan fingerprint density at radius 2 is 1.88 bits per heavy atom. The van der Waals surface area contributed by atoms with E-state index < -0.39 is 0 Å². The van der Waals surface area contributed by atoms with Crippen molar-refractivity contribution in [1.29, 1.82) is 0 Å². The molecule has 0 fully saturated rings. The summed E-state index contributed by atoms with van der Waals surface area (Å²) >= 11 is 0. The molecule has 0 bridgehead atoms. The summed E-state index contributed by atoms with van der Waals surface area (Å²) in [5.41, 5.74) is 2.42. The summed E-state index contributed by atoms with van der Waals surface area (Å²) in [4.78, 5) is 14.8. The minimum Gasteiger partial charge on any atom is -0.493 e. The lowest BCUT2D eigenvalue weighted by Gasteiger charge is -2.38. The van der Waals surface area contributed by atoms with Gasteiger partial charge in [-0.2, -0.15) is 0 Å². The lowest BCUT2D eigenvalue weighted by molar-refractivity contribution is 0.0681. The molecule has 126 valence electrons. The van der Waals surface area contributed by atoms with E-state index in [9.17, 15) is 4.79 Å². The van der Waals surface area contributed by atoms with Crippen LogP contribution in [0, 0.1) is 0 Å². The van der Waals surface area contributed by atoms with Gasteiger partial charge in [-0.1, -0.05) is 31.2 Å². The first-order valence-electron chi connectivity index (χ1n) is 8.08. The Morgan fingerprint density at radius 1 is 1.08 bits per heavy atom. The van der Waals surface area contributed by atoms with Gasteiger partial charge in [0.1, 0.15) is 6.17 Å². The lowest BCUT2D eigenvalue weighted by Crippen LogP contribution is -2.43. The standard InChI is InChI=1S/C19H22N2O3/c1-4-12-21-18(14-9-7-11-16(23-2)17(14)24-3)20-15-10-6-5-8-13(15)19(21)22/h5-11,18,20H,4,12H2,1-3H3/t18-/m0/s1. The molecule has 1 amide bonds. The van der Waals surface area contributed by atoms with Gasteiger partial charge >= 0.3 is 0 Å². The van der Waals surface area contributed by atoms with Crippen LogP contribution in [0.15, 0.2) is 42.5 Å². The van der Waals surface area contributed by atoms with Crippen LogP contribution in [-0.4, -0.2) is 31.6 Å². The van der Waals surface area contributed by atoms with Crippen LogP contribution in [0.4, 0.5) is 5.69 Å². The van der Waals surface area contributed by atoms with Crippen LogP contribution in [0.1, 0.15) is 35.4 Å². The first kappa shape index (κ1) is 16.2. The minimum atomic E-state index is -0.294. The maximum absolute atomic E-state index is 13.0. The molecule has 0 saturated carbocycles. The number of para-hydroxylation sites is 2. The summed E-state index contributed by atoms with van der Waals surface area (Å²) in [6, 6.07) is 13.3. The van der Waals surface area contributed by atoms with Gasteiger partial charge in [0.05, 0.1) is 19.8 Å². The molecule has 5 nitrogen and oxygen atoms in total. The van der Waals surface area contributed by atoms with Crippen molar-refractivity contribution in [2.45, 2.75) is 19.5 Å². The Morgan fingerprint density at radius 3 is 2.58 bits per heavy atom. The van der Waals surface area contributed by atoms with E-state index in [-0.39, 0.29) is 12.1 Å². The monoisotopic (exact) mass is 326 g/mol. The fourth-order valence-electron chi connectivity index (χ4n) is 3.14. The largest absolute Gasteiger partial charge is 0.493 e. The van der Waals surface area contributed by atoms with Crippen molar-refractivity contribution in [3.05, 3.63) is 53.6 Å². The SMILES string of the molecule is CCCN1C(=O)c2ccccc2N[C@@H]1c1cccc(OC)c1OC. The van der Waals surface area contributed by atoms with Gasteiger partial charge in [0.2, 0.25) is 0 Å². The highest BCUT2D eigenvalue weighted by molar-refractivity contribution is 6.01. The molecule has 3 rings (SSSR count). The number of hydrogen-bond donors (Lipinski definition) is 1. The number of fused-ring (bicyclic) bond motifs is 1. The number of amides is 1. The highest BCUT2D eigenvalue weighted by Crippen LogP contribution is 2.40. The van der Waals surface area contributed by atoms with Crippen molar-refractivity contribution in [3.8, 4) is 11.5 Å². The number of nitrogens with zero attached hydrogens (tertiary/aromatic N) is 1. The van der Waals surface area contributed by atoms with Crippen molar-refractivity contribution in [3.63, 3.8) is 0 Å². The van der Waals surface area contributed by atoms with Crippen LogP contribution in [-0.2, 0) is 0 Å². The van der Waals surface area contributed by atoms with Crippen molar-refractivity contribution in [2.75, 3.05) is 26.1 Å². The third-order valence-electron chi connectivity index (χ3n) is 4.21. The number of ether oxygens (including phenoxy) is 2. The van der Waals surface area contributed by atoms with Crippen LogP contribution in [0.5, 0.6) is 11.5 Å². The average molecular weight is 326 g/mol. The van der Waals surface area contributed by atoms with E-state index in [2.05, 4.69) is 12.2 Å². The van der Waals surface area contributed by atoms with Gasteiger partial charge in [0, 0.05) is 17.8 Å². The smallest absolute Gasteiger partial charge is 0.257 e. The molecule has 1 N–H and O–H groups in total. The number of benzene rings is 2. The minimum absolute atomic E-state index is 0.0288. The third kappa shape index (κ3) is 2.66. The normalized spacial score (nSPS) is 16.4. The van der Waals surface area contributed by atoms with E-state index in [4.69, 9.17) is 9.47 Å². The second-order valence-electron chi connectivity index (χ2n) is 5.67. The number of hydrogen-bond acceptors (Lipinski definition) is 4. The molecule has 0 aromatic heterocycles. The second-order valence-corrected chi connectivity index (χ2v) is 5.67. The fraction of sp³-hybridized carbons (Fsp3) is 0.316. The van der Waals surface area contributed by atoms with Crippen LogP contribution in [0.25, 0.3) is 0 Å². The Hall–Kier alpha value is -2.69. The zero-order valence-corrected chi connectivity index (χ0v) is 14.2. The zero-order valence-electron chi connectivity index (χ0n) is 14.2. The number of nitrogens with one attached hydrogen (secondary N) is 1. The van der Waals surface area contributed by atoms with Crippen molar-refractivity contribution in [2.24, 2.45) is 0 Å². The Balaban J connectivity index is 2.11. The van der Waals surface area contributed by atoms with Gasteiger partial charge in [-0.15, -0.1) is 0 Å². The van der Waals surface area contributed by atoms with Crippen LogP contribution in [0.2, 0.25) is 0 Å². The summed E-state index contributed by atoms with van der Waals surface area (Å²) in [6.45, 7) is 2.72. The maximum atomic E-state index is 13.0. The zero-order chi connectivity index (χ0) is 17.1.